The summed E-state index contributed by atoms with van der Waals surface area (Å²) in [5, 5.41) is 12.7. The zero-order chi connectivity index (χ0) is 47.3. The Labute approximate surface area is 414 Å². The molecule has 5 nitrogen and oxygen atoms in total. The highest BCUT2D eigenvalue weighted by atomic mass is 15.1. The molecule has 4 heterocycles. The number of fused-ring (bicyclic) bond motifs is 12. The lowest BCUT2D eigenvalue weighted by Crippen LogP contribution is -2.04. The van der Waals surface area contributed by atoms with Gasteiger partial charge in [0, 0.05) is 56.1 Å². The van der Waals surface area contributed by atoms with Crippen molar-refractivity contribution in [1.29, 1.82) is 0 Å². The van der Waals surface area contributed by atoms with Crippen molar-refractivity contribution in [2.45, 2.75) is 0 Å². The second-order valence-corrected chi connectivity index (χ2v) is 18.7. The Hall–Kier alpha value is -9.71. The van der Waals surface area contributed by atoms with E-state index < -0.39 is 0 Å². The highest BCUT2D eigenvalue weighted by molar-refractivity contribution is 6.25. The molecule has 0 bridgehead atoms. The lowest BCUT2D eigenvalue weighted by Gasteiger charge is -2.17. The monoisotopic (exact) mass is 915 g/mol. The summed E-state index contributed by atoms with van der Waals surface area (Å²) in [5.41, 5.74) is 14.0. The predicted molar refractivity (Wildman–Crippen MR) is 300 cm³/mol. The minimum absolute atomic E-state index is 0.728. The van der Waals surface area contributed by atoms with Gasteiger partial charge in [-0.1, -0.05) is 176 Å². The molecule has 5 heteroatoms. The fourth-order valence-electron chi connectivity index (χ4n) is 11.5. The van der Waals surface area contributed by atoms with E-state index in [4.69, 9.17) is 15.0 Å². The van der Waals surface area contributed by atoms with Gasteiger partial charge in [-0.3, -0.25) is 9.55 Å². The summed E-state index contributed by atoms with van der Waals surface area (Å²) >= 11 is 0. The summed E-state index contributed by atoms with van der Waals surface area (Å²) < 4.78 is 4.67. The second-order valence-electron chi connectivity index (χ2n) is 18.7. The van der Waals surface area contributed by atoms with Crippen LogP contribution in [0.2, 0.25) is 0 Å². The summed E-state index contributed by atoms with van der Waals surface area (Å²) in [6.45, 7) is 0. The Morgan fingerprint density at radius 3 is 1.46 bits per heavy atom. The molecule has 0 atom stereocenters. The lowest BCUT2D eigenvalue weighted by atomic mass is 9.91. The quantitative estimate of drug-likeness (QED) is 0.123. The number of hydrogen-bond donors (Lipinski definition) is 0. The van der Waals surface area contributed by atoms with Crippen molar-refractivity contribution in [3.8, 4) is 56.3 Å². The van der Waals surface area contributed by atoms with Crippen LogP contribution in [0.1, 0.15) is 0 Å². The van der Waals surface area contributed by atoms with Gasteiger partial charge in [0.05, 0.1) is 22.1 Å². The van der Waals surface area contributed by atoms with Crippen LogP contribution in [0.5, 0.6) is 0 Å². The second kappa shape index (κ2) is 15.9. The molecular formula is C67H41N5. The third-order valence-electron chi connectivity index (χ3n) is 14.8. The largest absolute Gasteiger partial charge is 0.309 e. The first kappa shape index (κ1) is 40.2. The van der Waals surface area contributed by atoms with Gasteiger partial charge in [0.15, 0.2) is 5.82 Å². The van der Waals surface area contributed by atoms with Gasteiger partial charge in [-0.05, 0) is 121 Å². The predicted octanol–water partition coefficient (Wildman–Crippen LogP) is 17.3. The molecule has 0 amide bonds. The summed E-state index contributed by atoms with van der Waals surface area (Å²) in [7, 11) is 0. The van der Waals surface area contributed by atoms with Crippen molar-refractivity contribution in [2.24, 2.45) is 0 Å². The molecule has 72 heavy (non-hydrogen) atoms. The van der Waals surface area contributed by atoms with E-state index in [2.05, 4.69) is 246 Å². The maximum Gasteiger partial charge on any atom is 0.165 e. The Morgan fingerprint density at radius 2 is 0.833 bits per heavy atom. The van der Waals surface area contributed by atoms with Gasteiger partial charge in [0.2, 0.25) is 0 Å². The maximum atomic E-state index is 5.66. The number of imidazole rings is 1. The number of nitrogens with zero attached hydrogens (tertiary/aromatic N) is 5. The molecule has 0 aliphatic carbocycles. The van der Waals surface area contributed by atoms with Gasteiger partial charge in [0.1, 0.15) is 11.3 Å². The number of rotatable bonds is 6. The Balaban J connectivity index is 0.968. The van der Waals surface area contributed by atoms with Crippen molar-refractivity contribution in [3.05, 3.63) is 249 Å². The molecule has 0 N–H and O–H groups in total. The van der Waals surface area contributed by atoms with E-state index in [0.29, 0.717) is 0 Å². The van der Waals surface area contributed by atoms with Gasteiger partial charge in [-0.15, -0.1) is 0 Å². The Kier molecular flexibility index (Phi) is 8.89. The van der Waals surface area contributed by atoms with Crippen molar-refractivity contribution in [1.82, 2.24) is 24.1 Å². The van der Waals surface area contributed by atoms with Crippen molar-refractivity contribution in [3.63, 3.8) is 0 Å². The van der Waals surface area contributed by atoms with Gasteiger partial charge in [0.25, 0.3) is 0 Å². The van der Waals surface area contributed by atoms with E-state index in [1.54, 1.807) is 0 Å². The van der Waals surface area contributed by atoms with Crippen LogP contribution in [0.25, 0.3) is 143 Å². The van der Waals surface area contributed by atoms with E-state index in [0.717, 1.165) is 83.1 Å². The molecule has 15 aromatic rings. The first-order valence-corrected chi connectivity index (χ1v) is 24.5. The van der Waals surface area contributed by atoms with E-state index in [1.165, 1.54) is 60.0 Å². The molecule has 11 aromatic carbocycles. The summed E-state index contributed by atoms with van der Waals surface area (Å²) in [5.74, 6) is 1.52. The normalized spacial score (nSPS) is 11.9. The zero-order valence-electron chi connectivity index (χ0n) is 38.9. The van der Waals surface area contributed by atoms with Crippen LogP contribution in [0.3, 0.4) is 0 Å². The van der Waals surface area contributed by atoms with Crippen molar-refractivity contribution >= 4 is 86.8 Å². The van der Waals surface area contributed by atoms with Gasteiger partial charge in [-0.25, -0.2) is 9.97 Å². The fraction of sp³-hybridized carbons (Fsp3) is 0. The minimum atomic E-state index is 0.728. The molecule has 0 unspecified atom stereocenters. The highest BCUT2D eigenvalue weighted by Crippen LogP contribution is 2.44. The van der Waals surface area contributed by atoms with Crippen molar-refractivity contribution < 1.29 is 0 Å². The molecule has 0 spiro atoms. The number of pyridine rings is 2. The molecule has 334 valence electrons. The summed E-state index contributed by atoms with van der Waals surface area (Å²) in [6.07, 6.45) is 3.95. The standard InChI is InChI=1S/C67H41N5/c1-3-16-42(17-4-1)45-31-35-60-57(39-45)58-40-46(43-18-5-2-6-19-43)32-36-61(58)71(60)49-33-29-44(30-34-49)66-70-63-54-26-13-11-24-52(54)53-25-12-14-27-56(53)65(63)72(66)67-64-55(28-15-37-68-64)59(41-69-67)62-50-22-9-7-20-47(50)38-48-21-8-10-23-51(48)62/h1-41H. The maximum absolute atomic E-state index is 5.66. The number of hydrogen-bond acceptors (Lipinski definition) is 3. The van der Waals surface area contributed by atoms with Crippen molar-refractivity contribution in [2.75, 3.05) is 0 Å². The van der Waals surface area contributed by atoms with Crippen LogP contribution in [0, 0.1) is 0 Å². The van der Waals surface area contributed by atoms with Gasteiger partial charge < -0.3 is 4.57 Å². The third-order valence-corrected chi connectivity index (χ3v) is 14.8. The van der Waals surface area contributed by atoms with E-state index >= 15 is 0 Å². The first-order chi connectivity index (χ1) is 35.7. The van der Waals surface area contributed by atoms with Crippen LogP contribution < -0.4 is 0 Å². The lowest BCUT2D eigenvalue weighted by molar-refractivity contribution is 1.04. The third kappa shape index (κ3) is 6.11. The SMILES string of the molecule is c1ccc(-c2ccc3c(c2)c2cc(-c4ccccc4)ccc2n3-c2ccc(-c3nc4c5ccccc5c5ccccc5c4n3-c3ncc(-c4c5ccccc5cc5ccccc45)c4cccnc34)cc2)cc1. The smallest absolute Gasteiger partial charge is 0.165 e. The average Bonchev–Trinajstić information content (AvgIpc) is 4.01. The van der Waals surface area contributed by atoms with E-state index in [-0.39, 0.29) is 0 Å². The zero-order valence-corrected chi connectivity index (χ0v) is 38.9. The molecule has 4 aromatic heterocycles. The number of benzene rings is 11. The summed E-state index contributed by atoms with van der Waals surface area (Å²) in [4.78, 5) is 16.4. The average molecular weight is 916 g/mol. The summed E-state index contributed by atoms with van der Waals surface area (Å²) in [6, 6.07) is 85.1. The van der Waals surface area contributed by atoms with Crippen LogP contribution in [-0.4, -0.2) is 24.1 Å². The number of aromatic nitrogens is 5. The van der Waals surface area contributed by atoms with Gasteiger partial charge in [-0.2, -0.15) is 0 Å². The minimum Gasteiger partial charge on any atom is -0.309 e. The highest BCUT2D eigenvalue weighted by Gasteiger charge is 2.25. The molecule has 0 radical (unpaired) electrons. The Bertz CT molecular complexity index is 4510. The molecule has 0 aliphatic rings. The fourth-order valence-corrected chi connectivity index (χ4v) is 11.5. The molecular weight excluding hydrogens is 875 g/mol. The van der Waals surface area contributed by atoms with Crippen LogP contribution in [-0.2, 0) is 0 Å². The molecule has 15 rings (SSSR count). The van der Waals surface area contributed by atoms with Gasteiger partial charge >= 0.3 is 0 Å². The Morgan fingerprint density at radius 1 is 0.319 bits per heavy atom. The van der Waals surface area contributed by atoms with E-state index in [1.807, 2.05) is 12.3 Å². The molecule has 0 aliphatic heterocycles. The van der Waals surface area contributed by atoms with E-state index in [9.17, 15) is 0 Å². The van der Waals surface area contributed by atoms with Crippen LogP contribution in [0.15, 0.2) is 249 Å². The first-order valence-electron chi connectivity index (χ1n) is 24.5. The molecule has 0 fully saturated rings. The molecule has 0 saturated heterocycles. The topological polar surface area (TPSA) is 48.5 Å². The molecule has 0 saturated carbocycles. The van der Waals surface area contributed by atoms with Crippen LogP contribution in [0.4, 0.5) is 0 Å². The van der Waals surface area contributed by atoms with Crippen LogP contribution >= 0.6 is 0 Å².